The second-order valence-corrected chi connectivity index (χ2v) is 10.8. The molecular weight excluding hydrogens is 474 g/mol. The monoisotopic (exact) mass is 497 g/mol. The molecule has 4 aromatic rings. The van der Waals surface area contributed by atoms with Crippen LogP contribution in [0.5, 0.6) is 5.75 Å². The molecule has 1 N–H and O–H groups in total. The summed E-state index contributed by atoms with van der Waals surface area (Å²) in [5, 5.41) is 6.18. The zero-order valence-electron chi connectivity index (χ0n) is 18.1. The largest absolute Gasteiger partial charge is 0.497 e. The fourth-order valence-electron chi connectivity index (χ4n) is 4.04. The van der Waals surface area contributed by atoms with E-state index < -0.39 is 0 Å². The number of hydrogen-bond donors (Lipinski definition) is 1. The van der Waals surface area contributed by atoms with Crippen molar-refractivity contribution in [2.75, 3.05) is 12.9 Å². The van der Waals surface area contributed by atoms with Gasteiger partial charge in [0.15, 0.2) is 5.16 Å². The van der Waals surface area contributed by atoms with E-state index in [0.29, 0.717) is 23.1 Å². The van der Waals surface area contributed by atoms with Crippen molar-refractivity contribution in [3.63, 3.8) is 0 Å². The lowest BCUT2D eigenvalue weighted by Gasteiger charge is -2.14. The highest BCUT2D eigenvalue weighted by Crippen LogP contribution is 2.35. The second-order valence-electron chi connectivity index (χ2n) is 7.77. The number of aromatic nitrogens is 2. The molecule has 33 heavy (non-hydrogen) atoms. The van der Waals surface area contributed by atoms with Crippen molar-refractivity contribution < 1.29 is 9.53 Å². The van der Waals surface area contributed by atoms with Crippen molar-refractivity contribution in [3.05, 3.63) is 67.4 Å². The van der Waals surface area contributed by atoms with E-state index in [1.165, 1.54) is 16.6 Å². The van der Waals surface area contributed by atoms with Crippen LogP contribution in [0.4, 0.5) is 0 Å². The summed E-state index contributed by atoms with van der Waals surface area (Å²) in [6, 6.07) is 11.4. The van der Waals surface area contributed by atoms with Crippen LogP contribution in [0.25, 0.3) is 15.9 Å². The topological polar surface area (TPSA) is 73.2 Å². The zero-order valence-corrected chi connectivity index (χ0v) is 20.6. The summed E-state index contributed by atoms with van der Waals surface area (Å²) < 4.78 is 7.01. The molecule has 6 nitrogen and oxygen atoms in total. The van der Waals surface area contributed by atoms with Gasteiger partial charge in [-0.3, -0.25) is 14.2 Å². The number of methoxy groups -OCH3 is 1. The van der Waals surface area contributed by atoms with Gasteiger partial charge in [-0.15, -0.1) is 22.7 Å². The van der Waals surface area contributed by atoms with Crippen molar-refractivity contribution in [3.8, 4) is 11.4 Å². The molecular formula is C24H23N3O3S3. The molecule has 0 radical (unpaired) electrons. The summed E-state index contributed by atoms with van der Waals surface area (Å²) >= 11 is 4.51. The van der Waals surface area contributed by atoms with E-state index in [-0.39, 0.29) is 17.2 Å². The minimum absolute atomic E-state index is 0.0749. The molecule has 0 saturated carbocycles. The van der Waals surface area contributed by atoms with Crippen molar-refractivity contribution in [1.29, 1.82) is 0 Å². The molecule has 0 saturated heterocycles. The van der Waals surface area contributed by atoms with Crippen LogP contribution in [-0.4, -0.2) is 28.3 Å². The first-order chi connectivity index (χ1) is 16.1. The first-order valence-electron chi connectivity index (χ1n) is 10.8. The maximum absolute atomic E-state index is 13.8. The number of thioether (sulfide) groups is 1. The molecule has 0 atom stereocenters. The third kappa shape index (κ3) is 4.58. The first-order valence-corrected chi connectivity index (χ1v) is 13.5. The van der Waals surface area contributed by atoms with Gasteiger partial charge in [0.2, 0.25) is 5.91 Å². The quantitative estimate of drug-likeness (QED) is 0.293. The predicted octanol–water partition coefficient (Wildman–Crippen LogP) is 4.80. The Balaban J connectivity index is 1.51. The molecule has 0 fully saturated rings. The number of carbonyl (C=O) groups excluding carboxylic acids is 1. The van der Waals surface area contributed by atoms with E-state index in [9.17, 15) is 9.59 Å². The summed E-state index contributed by atoms with van der Waals surface area (Å²) in [6.45, 7) is 0.504. The van der Waals surface area contributed by atoms with Gasteiger partial charge in [0.05, 0.1) is 30.5 Å². The summed E-state index contributed by atoms with van der Waals surface area (Å²) in [6.07, 6.45) is 4.17. The van der Waals surface area contributed by atoms with Crippen LogP contribution in [0.15, 0.2) is 51.7 Å². The lowest BCUT2D eigenvalue weighted by Crippen LogP contribution is -2.26. The van der Waals surface area contributed by atoms with Crippen molar-refractivity contribution in [2.45, 2.75) is 37.4 Å². The van der Waals surface area contributed by atoms with Crippen LogP contribution >= 0.6 is 34.4 Å². The normalized spacial score (nSPS) is 13.1. The minimum Gasteiger partial charge on any atom is -0.497 e. The number of aryl methyl sites for hydroxylation is 2. The molecule has 5 rings (SSSR count). The van der Waals surface area contributed by atoms with Crippen LogP contribution in [-0.2, 0) is 24.2 Å². The summed E-state index contributed by atoms with van der Waals surface area (Å²) in [5.74, 6) is 0.750. The van der Waals surface area contributed by atoms with Gasteiger partial charge in [0.1, 0.15) is 10.6 Å². The molecule has 0 aliphatic heterocycles. The molecule has 1 aromatic carbocycles. The number of amides is 1. The Bertz CT molecular complexity index is 1360. The average molecular weight is 498 g/mol. The number of nitrogens with zero attached hydrogens (tertiary/aromatic N) is 2. The van der Waals surface area contributed by atoms with E-state index in [1.807, 2.05) is 41.8 Å². The number of ether oxygens (including phenoxy) is 1. The highest BCUT2D eigenvalue weighted by Gasteiger charge is 2.23. The van der Waals surface area contributed by atoms with Crippen LogP contribution in [0, 0.1) is 0 Å². The fraction of sp³-hybridized carbons (Fsp3) is 0.292. The lowest BCUT2D eigenvalue weighted by atomic mass is 9.97. The van der Waals surface area contributed by atoms with Crippen LogP contribution in [0.2, 0.25) is 0 Å². The zero-order chi connectivity index (χ0) is 22.8. The summed E-state index contributed by atoms with van der Waals surface area (Å²) in [4.78, 5) is 34.3. The van der Waals surface area contributed by atoms with E-state index in [1.54, 1.807) is 34.4 Å². The Morgan fingerprint density at radius 1 is 1.24 bits per heavy atom. The lowest BCUT2D eigenvalue weighted by molar-refractivity contribution is -0.118. The van der Waals surface area contributed by atoms with Gasteiger partial charge in [-0.2, -0.15) is 0 Å². The first kappa shape index (κ1) is 22.2. The van der Waals surface area contributed by atoms with Gasteiger partial charge in [0.25, 0.3) is 5.56 Å². The summed E-state index contributed by atoms with van der Waals surface area (Å²) in [5.41, 5.74) is 1.76. The Hall–Kier alpha value is -2.62. The van der Waals surface area contributed by atoms with Crippen molar-refractivity contribution in [1.82, 2.24) is 14.9 Å². The molecule has 1 amide bonds. The molecule has 3 heterocycles. The Labute approximate surface area is 203 Å². The molecule has 9 heteroatoms. The molecule has 0 unspecified atom stereocenters. The highest BCUT2D eigenvalue weighted by atomic mass is 32.2. The molecule has 0 spiro atoms. The van der Waals surface area contributed by atoms with Gasteiger partial charge >= 0.3 is 0 Å². The highest BCUT2D eigenvalue weighted by molar-refractivity contribution is 7.99. The molecule has 170 valence electrons. The maximum Gasteiger partial charge on any atom is 0.267 e. The Kier molecular flexibility index (Phi) is 6.52. The van der Waals surface area contributed by atoms with Crippen molar-refractivity contribution >= 4 is 50.6 Å². The summed E-state index contributed by atoms with van der Waals surface area (Å²) in [7, 11) is 1.60. The maximum atomic E-state index is 13.8. The average Bonchev–Trinajstić information content (AvgIpc) is 3.49. The van der Waals surface area contributed by atoms with Crippen molar-refractivity contribution in [2.24, 2.45) is 0 Å². The molecule has 3 aromatic heterocycles. The second kappa shape index (κ2) is 9.70. The van der Waals surface area contributed by atoms with E-state index >= 15 is 0 Å². The van der Waals surface area contributed by atoms with Gasteiger partial charge in [-0.25, -0.2) is 4.98 Å². The van der Waals surface area contributed by atoms with Crippen LogP contribution < -0.4 is 15.6 Å². The van der Waals surface area contributed by atoms with Gasteiger partial charge in [0, 0.05) is 15.8 Å². The predicted molar refractivity (Wildman–Crippen MR) is 135 cm³/mol. The van der Waals surface area contributed by atoms with Gasteiger partial charge in [-0.05, 0) is 54.8 Å². The number of carbonyl (C=O) groups is 1. The van der Waals surface area contributed by atoms with E-state index in [4.69, 9.17) is 9.72 Å². The third-order valence-corrected chi connectivity index (χ3v) is 8.64. The number of benzene rings is 1. The number of fused-ring (bicyclic) bond motifs is 3. The third-order valence-electron chi connectivity index (χ3n) is 5.64. The standard InChI is InChI=1S/C24H23N3O3S3/c1-30-16-7-4-6-15(12-16)27-23(29)21-18-9-2-3-10-19(18)33-22(21)26-24(27)32-14-20(28)25-13-17-8-5-11-31-17/h4-8,11-12H,2-3,9-10,13-14H2,1H3,(H,25,28). The van der Waals surface area contributed by atoms with E-state index in [0.717, 1.165) is 46.3 Å². The number of hydrogen-bond acceptors (Lipinski definition) is 7. The number of nitrogens with one attached hydrogen (secondary N) is 1. The smallest absolute Gasteiger partial charge is 0.267 e. The number of thiophene rings is 2. The number of rotatable bonds is 7. The van der Waals surface area contributed by atoms with E-state index in [2.05, 4.69) is 5.32 Å². The van der Waals surface area contributed by atoms with Crippen LogP contribution in [0.1, 0.15) is 28.2 Å². The SMILES string of the molecule is COc1cccc(-n2c(SCC(=O)NCc3cccs3)nc3sc4c(c3c2=O)CCCC4)c1. The van der Waals surface area contributed by atoms with Crippen LogP contribution in [0.3, 0.4) is 0 Å². The molecule has 0 bridgehead atoms. The van der Waals surface area contributed by atoms with Gasteiger partial charge in [-0.1, -0.05) is 23.9 Å². The molecule has 1 aliphatic rings. The van der Waals surface area contributed by atoms with Gasteiger partial charge < -0.3 is 10.1 Å². The minimum atomic E-state index is -0.0922. The molecule has 1 aliphatic carbocycles. The Morgan fingerprint density at radius 2 is 2.12 bits per heavy atom. The fourth-order valence-corrected chi connectivity index (χ4v) is 6.83. The Morgan fingerprint density at radius 3 is 2.94 bits per heavy atom.